The van der Waals surface area contributed by atoms with Crippen LogP contribution in [0.4, 0.5) is 0 Å². The molecule has 3 nitrogen and oxygen atoms in total. The van der Waals surface area contributed by atoms with Gasteiger partial charge in [0.15, 0.2) is 0 Å². The summed E-state index contributed by atoms with van der Waals surface area (Å²) < 4.78 is 4.89. The average molecular weight is 199 g/mol. The molecule has 0 amide bonds. The summed E-state index contributed by atoms with van der Waals surface area (Å²) in [4.78, 5) is 11.7. The zero-order chi connectivity index (χ0) is 10.4. The van der Waals surface area contributed by atoms with Gasteiger partial charge in [-0.05, 0) is 25.8 Å². The van der Waals surface area contributed by atoms with E-state index in [0.29, 0.717) is 0 Å². The smallest absolute Gasteiger partial charge is 0.326 e. The van der Waals surface area contributed by atoms with Gasteiger partial charge in [0.2, 0.25) is 0 Å². The lowest BCUT2D eigenvalue weighted by molar-refractivity contribution is -0.150. The molecule has 0 aromatic carbocycles. The van der Waals surface area contributed by atoms with Gasteiger partial charge < -0.3 is 10.1 Å². The molecule has 1 fully saturated rings. The molecule has 1 rings (SSSR count). The first-order chi connectivity index (χ1) is 6.75. The Hall–Kier alpha value is -0.570. The maximum atomic E-state index is 11.7. The molecule has 0 heterocycles. The number of rotatable bonds is 4. The van der Waals surface area contributed by atoms with Crippen LogP contribution in [0.5, 0.6) is 0 Å². The van der Waals surface area contributed by atoms with Gasteiger partial charge in [0.1, 0.15) is 5.54 Å². The molecule has 0 unspecified atom stereocenters. The quantitative estimate of drug-likeness (QED) is 0.702. The lowest BCUT2D eigenvalue weighted by Gasteiger charge is -2.35. The number of ether oxygens (including phenoxy) is 1. The molecule has 1 aliphatic carbocycles. The molecule has 0 aromatic heterocycles. The Balaban J connectivity index is 2.61. The van der Waals surface area contributed by atoms with Crippen molar-refractivity contribution in [3.8, 4) is 0 Å². The van der Waals surface area contributed by atoms with Gasteiger partial charge in [-0.2, -0.15) is 0 Å². The van der Waals surface area contributed by atoms with Gasteiger partial charge >= 0.3 is 5.97 Å². The fourth-order valence-electron chi connectivity index (χ4n) is 2.17. The number of hydrogen-bond donors (Lipinski definition) is 1. The van der Waals surface area contributed by atoms with Gasteiger partial charge in [0.05, 0.1) is 7.11 Å². The number of esters is 1. The summed E-state index contributed by atoms with van der Waals surface area (Å²) >= 11 is 0. The van der Waals surface area contributed by atoms with Crippen LogP contribution >= 0.6 is 0 Å². The van der Waals surface area contributed by atoms with E-state index in [9.17, 15) is 4.79 Å². The van der Waals surface area contributed by atoms with Crippen LogP contribution in [-0.4, -0.2) is 25.2 Å². The van der Waals surface area contributed by atoms with Crippen LogP contribution in [0, 0.1) is 0 Å². The van der Waals surface area contributed by atoms with Crippen molar-refractivity contribution in [3.05, 3.63) is 0 Å². The van der Waals surface area contributed by atoms with Crippen LogP contribution in [0.1, 0.15) is 45.4 Å². The van der Waals surface area contributed by atoms with Crippen molar-refractivity contribution in [1.29, 1.82) is 0 Å². The molecular weight excluding hydrogens is 178 g/mol. The minimum atomic E-state index is -0.372. The summed E-state index contributed by atoms with van der Waals surface area (Å²) in [6.45, 7) is 3.01. The average Bonchev–Trinajstić information content (AvgIpc) is 2.26. The summed E-state index contributed by atoms with van der Waals surface area (Å²) in [6.07, 6.45) is 6.42. The zero-order valence-electron chi connectivity index (χ0n) is 9.27. The van der Waals surface area contributed by atoms with Crippen LogP contribution in [0.25, 0.3) is 0 Å². The number of hydrogen-bond acceptors (Lipinski definition) is 3. The highest BCUT2D eigenvalue weighted by atomic mass is 16.5. The van der Waals surface area contributed by atoms with Gasteiger partial charge in [-0.3, -0.25) is 4.79 Å². The van der Waals surface area contributed by atoms with E-state index < -0.39 is 0 Å². The summed E-state index contributed by atoms with van der Waals surface area (Å²) in [6, 6.07) is 0. The molecule has 0 atom stereocenters. The number of nitrogens with one attached hydrogen (secondary N) is 1. The molecule has 0 radical (unpaired) electrons. The second-order valence-electron chi connectivity index (χ2n) is 4.06. The summed E-state index contributed by atoms with van der Waals surface area (Å²) in [7, 11) is 1.48. The summed E-state index contributed by atoms with van der Waals surface area (Å²) in [5.41, 5.74) is -0.372. The standard InChI is InChI=1S/C11H21NO2/c1-3-9-12-11(10(13)14-2)7-5-4-6-8-11/h12H,3-9H2,1-2H3. The van der Waals surface area contributed by atoms with Crippen molar-refractivity contribution < 1.29 is 9.53 Å². The molecule has 1 saturated carbocycles. The molecule has 0 aliphatic heterocycles. The van der Waals surface area contributed by atoms with Crippen molar-refractivity contribution in [2.45, 2.75) is 51.0 Å². The Kier molecular flexibility index (Phi) is 4.39. The van der Waals surface area contributed by atoms with E-state index in [1.165, 1.54) is 13.5 Å². The van der Waals surface area contributed by atoms with Crippen molar-refractivity contribution in [1.82, 2.24) is 5.32 Å². The highest BCUT2D eigenvalue weighted by Crippen LogP contribution is 2.29. The SMILES string of the molecule is CCCNC1(C(=O)OC)CCCCC1. The van der Waals surface area contributed by atoms with E-state index in [2.05, 4.69) is 12.2 Å². The molecule has 0 spiro atoms. The third-order valence-electron chi connectivity index (χ3n) is 3.00. The van der Waals surface area contributed by atoms with Gasteiger partial charge in [0, 0.05) is 0 Å². The third-order valence-corrected chi connectivity index (χ3v) is 3.00. The predicted octanol–water partition coefficient (Wildman–Crippen LogP) is 1.86. The fraction of sp³-hybridized carbons (Fsp3) is 0.909. The van der Waals surface area contributed by atoms with Crippen molar-refractivity contribution in [2.75, 3.05) is 13.7 Å². The minimum absolute atomic E-state index is 0.0781. The second kappa shape index (κ2) is 5.35. The summed E-state index contributed by atoms with van der Waals surface area (Å²) in [5, 5.41) is 3.36. The molecule has 0 aromatic rings. The highest BCUT2D eigenvalue weighted by molar-refractivity contribution is 5.80. The minimum Gasteiger partial charge on any atom is -0.468 e. The monoisotopic (exact) mass is 199 g/mol. The van der Waals surface area contributed by atoms with Crippen molar-refractivity contribution in [2.24, 2.45) is 0 Å². The maximum Gasteiger partial charge on any atom is 0.326 e. The van der Waals surface area contributed by atoms with E-state index in [1.807, 2.05) is 0 Å². The molecule has 1 N–H and O–H groups in total. The van der Waals surface area contributed by atoms with E-state index >= 15 is 0 Å². The Morgan fingerprint density at radius 3 is 2.50 bits per heavy atom. The second-order valence-corrected chi connectivity index (χ2v) is 4.06. The van der Waals surface area contributed by atoms with Crippen LogP contribution in [0.2, 0.25) is 0 Å². The first-order valence-electron chi connectivity index (χ1n) is 5.58. The lowest BCUT2D eigenvalue weighted by Crippen LogP contribution is -2.54. The van der Waals surface area contributed by atoms with Gasteiger partial charge in [-0.1, -0.05) is 26.2 Å². The molecule has 0 bridgehead atoms. The lowest BCUT2D eigenvalue weighted by atomic mass is 9.81. The van der Waals surface area contributed by atoms with E-state index in [4.69, 9.17) is 4.74 Å². The molecule has 3 heteroatoms. The van der Waals surface area contributed by atoms with Gasteiger partial charge in [-0.15, -0.1) is 0 Å². The van der Waals surface area contributed by atoms with Gasteiger partial charge in [0.25, 0.3) is 0 Å². The molecule has 82 valence electrons. The largest absolute Gasteiger partial charge is 0.468 e. The molecule has 0 saturated heterocycles. The van der Waals surface area contributed by atoms with Crippen LogP contribution < -0.4 is 5.32 Å². The molecule has 14 heavy (non-hydrogen) atoms. The zero-order valence-corrected chi connectivity index (χ0v) is 9.27. The first kappa shape index (κ1) is 11.5. The maximum absolute atomic E-state index is 11.7. The molecular formula is C11H21NO2. The highest BCUT2D eigenvalue weighted by Gasteiger charge is 2.39. The first-order valence-corrected chi connectivity index (χ1v) is 5.58. The topological polar surface area (TPSA) is 38.3 Å². The Morgan fingerprint density at radius 1 is 1.36 bits per heavy atom. The Labute approximate surface area is 86.2 Å². The summed E-state index contributed by atoms with van der Waals surface area (Å²) in [5.74, 6) is -0.0781. The Bertz CT molecular complexity index is 186. The molecule has 1 aliphatic rings. The number of carbonyl (C=O) groups is 1. The van der Waals surface area contributed by atoms with Crippen molar-refractivity contribution >= 4 is 5.97 Å². The fourth-order valence-corrected chi connectivity index (χ4v) is 2.17. The van der Waals surface area contributed by atoms with E-state index in [1.54, 1.807) is 0 Å². The number of methoxy groups -OCH3 is 1. The third kappa shape index (κ3) is 2.47. The van der Waals surface area contributed by atoms with Crippen molar-refractivity contribution in [3.63, 3.8) is 0 Å². The normalized spacial score (nSPS) is 20.4. The van der Waals surface area contributed by atoms with E-state index in [0.717, 1.165) is 38.6 Å². The van der Waals surface area contributed by atoms with Crippen LogP contribution in [0.3, 0.4) is 0 Å². The van der Waals surface area contributed by atoms with Crippen LogP contribution in [-0.2, 0) is 9.53 Å². The predicted molar refractivity (Wildman–Crippen MR) is 56.1 cm³/mol. The van der Waals surface area contributed by atoms with Gasteiger partial charge in [-0.25, -0.2) is 0 Å². The van der Waals surface area contributed by atoms with Crippen LogP contribution in [0.15, 0.2) is 0 Å². The van der Waals surface area contributed by atoms with E-state index in [-0.39, 0.29) is 11.5 Å². The number of carbonyl (C=O) groups excluding carboxylic acids is 1. The Morgan fingerprint density at radius 2 is 2.00 bits per heavy atom.